The fraction of sp³-hybridized carbons (Fsp3) is 0.533. The highest BCUT2D eigenvalue weighted by atomic mass is 127. The van der Waals surface area contributed by atoms with Crippen LogP contribution in [0.5, 0.6) is 0 Å². The second kappa shape index (κ2) is 12.5. The maximum atomic E-state index is 11.8. The molecule has 0 aliphatic rings. The number of guanidine groups is 1. The zero-order valence-electron chi connectivity index (χ0n) is 14.3. The first-order chi connectivity index (χ1) is 11.0. The molecular weight excluding hydrogens is 443 g/mol. The van der Waals surface area contributed by atoms with Crippen LogP contribution in [0.4, 0.5) is 0 Å². The van der Waals surface area contributed by atoms with Gasteiger partial charge in [0.25, 0.3) is 0 Å². The molecule has 1 aromatic rings. The molecule has 0 radical (unpaired) electrons. The Hall–Kier alpha value is -0.910. The summed E-state index contributed by atoms with van der Waals surface area (Å²) in [5.74, 6) is 0.675. The van der Waals surface area contributed by atoms with E-state index in [9.17, 15) is 8.42 Å². The van der Waals surface area contributed by atoms with Gasteiger partial charge in [-0.2, -0.15) is 0 Å². The molecule has 0 saturated heterocycles. The van der Waals surface area contributed by atoms with Crippen LogP contribution in [-0.4, -0.2) is 47.7 Å². The molecule has 0 aromatic heterocycles. The molecule has 0 spiro atoms. The van der Waals surface area contributed by atoms with Crippen LogP contribution >= 0.6 is 24.0 Å². The van der Waals surface area contributed by atoms with Crippen LogP contribution in [0.15, 0.2) is 34.2 Å². The van der Waals surface area contributed by atoms with E-state index in [1.807, 2.05) is 19.9 Å². The Kier molecular flexibility index (Phi) is 12.0. The summed E-state index contributed by atoms with van der Waals surface area (Å²) in [4.78, 5) is 4.69. The van der Waals surface area contributed by atoms with Crippen molar-refractivity contribution in [3.63, 3.8) is 0 Å². The molecule has 3 N–H and O–H groups in total. The van der Waals surface area contributed by atoms with Crippen molar-refractivity contribution in [2.75, 3.05) is 33.4 Å². The summed E-state index contributed by atoms with van der Waals surface area (Å²) < 4.78 is 31.2. The number of nitrogens with one attached hydrogen (secondary N) is 3. The monoisotopic (exact) mass is 470 g/mol. The number of halogens is 1. The predicted octanol–water partition coefficient (Wildman–Crippen LogP) is 1.30. The van der Waals surface area contributed by atoms with Crippen LogP contribution in [-0.2, 0) is 21.3 Å². The molecule has 1 aromatic carbocycles. The van der Waals surface area contributed by atoms with Crippen molar-refractivity contribution >= 4 is 40.0 Å². The van der Waals surface area contributed by atoms with E-state index in [-0.39, 0.29) is 28.9 Å². The minimum absolute atomic E-state index is 0. The topological polar surface area (TPSA) is 91.8 Å². The Bertz CT molecular complexity index is 608. The number of hydrogen-bond acceptors (Lipinski definition) is 4. The van der Waals surface area contributed by atoms with Crippen LogP contribution in [0.25, 0.3) is 0 Å². The Morgan fingerprint density at radius 1 is 1.25 bits per heavy atom. The lowest BCUT2D eigenvalue weighted by molar-refractivity contribution is 0.152. The molecule has 1 rings (SSSR count). The number of nitrogens with zero attached hydrogens (tertiary/aromatic N) is 1. The van der Waals surface area contributed by atoms with Gasteiger partial charge >= 0.3 is 0 Å². The minimum Gasteiger partial charge on any atom is -0.380 e. The molecule has 0 fully saturated rings. The van der Waals surface area contributed by atoms with Crippen molar-refractivity contribution in [1.82, 2.24) is 15.4 Å². The van der Waals surface area contributed by atoms with Gasteiger partial charge in [0.15, 0.2) is 5.96 Å². The first kappa shape index (κ1) is 23.1. The summed E-state index contributed by atoms with van der Waals surface area (Å²) in [6, 6.07) is 6.75. The number of aliphatic imine (C=N–C) groups is 1. The highest BCUT2D eigenvalue weighted by molar-refractivity contribution is 14.0. The van der Waals surface area contributed by atoms with Crippen LogP contribution < -0.4 is 15.4 Å². The summed E-state index contributed by atoms with van der Waals surface area (Å²) >= 11 is 0. The van der Waals surface area contributed by atoms with Crippen molar-refractivity contribution in [1.29, 1.82) is 0 Å². The van der Waals surface area contributed by atoms with Crippen LogP contribution in [0.3, 0.4) is 0 Å². The highest BCUT2D eigenvalue weighted by Gasteiger charge is 2.11. The maximum absolute atomic E-state index is 11.8. The molecule has 138 valence electrons. The smallest absolute Gasteiger partial charge is 0.240 e. The zero-order chi connectivity index (χ0) is 17.1. The fourth-order valence-electron chi connectivity index (χ4n) is 1.83. The van der Waals surface area contributed by atoms with Crippen molar-refractivity contribution in [2.45, 2.75) is 25.3 Å². The normalized spacial score (nSPS) is 11.7. The minimum atomic E-state index is -3.44. The predicted molar refractivity (Wildman–Crippen MR) is 107 cm³/mol. The standard InChI is InChI=1S/C15H26N4O3S.HI/c1-4-17-15(18-9-10-22-5-2)19-12-13-7-6-8-14(11-13)23(20,21)16-3;/h6-8,11,16H,4-5,9-10,12H2,1-3H3,(H2,17,18,19);1H. The van der Waals surface area contributed by atoms with Gasteiger partial charge in [0.05, 0.1) is 18.0 Å². The van der Waals surface area contributed by atoms with Gasteiger partial charge in [-0.1, -0.05) is 12.1 Å². The highest BCUT2D eigenvalue weighted by Crippen LogP contribution is 2.11. The summed E-state index contributed by atoms with van der Waals surface area (Å²) in [5, 5.41) is 6.30. The van der Waals surface area contributed by atoms with Crippen LogP contribution in [0.2, 0.25) is 0 Å². The molecule has 0 atom stereocenters. The van der Waals surface area contributed by atoms with Gasteiger partial charge in [-0.25, -0.2) is 18.1 Å². The van der Waals surface area contributed by atoms with Gasteiger partial charge < -0.3 is 15.4 Å². The van der Waals surface area contributed by atoms with Gasteiger partial charge in [-0.15, -0.1) is 24.0 Å². The summed E-state index contributed by atoms with van der Waals surface area (Å²) in [6.45, 7) is 7.02. The molecule has 0 bridgehead atoms. The SMILES string of the molecule is CCNC(=NCc1cccc(S(=O)(=O)NC)c1)NCCOCC.I. The molecule has 9 heteroatoms. The van der Waals surface area contributed by atoms with E-state index in [0.29, 0.717) is 32.3 Å². The average molecular weight is 470 g/mol. The third-order valence-electron chi connectivity index (χ3n) is 2.98. The van der Waals surface area contributed by atoms with E-state index in [0.717, 1.165) is 12.1 Å². The third kappa shape index (κ3) is 8.27. The quantitative estimate of drug-likeness (QED) is 0.219. The lowest BCUT2D eigenvalue weighted by Crippen LogP contribution is -2.39. The summed E-state index contributed by atoms with van der Waals surface area (Å²) in [6.07, 6.45) is 0. The summed E-state index contributed by atoms with van der Waals surface area (Å²) in [7, 11) is -2.04. The van der Waals surface area contributed by atoms with Gasteiger partial charge in [0, 0.05) is 19.7 Å². The van der Waals surface area contributed by atoms with Gasteiger partial charge in [0.1, 0.15) is 0 Å². The Balaban J connectivity index is 0.00000529. The van der Waals surface area contributed by atoms with Crippen LogP contribution in [0, 0.1) is 0 Å². The molecule has 0 heterocycles. The second-order valence-corrected chi connectivity index (χ2v) is 6.56. The lowest BCUT2D eigenvalue weighted by Gasteiger charge is -2.11. The second-order valence-electron chi connectivity index (χ2n) is 4.67. The molecule has 0 unspecified atom stereocenters. The molecule has 7 nitrogen and oxygen atoms in total. The largest absolute Gasteiger partial charge is 0.380 e. The van der Waals surface area contributed by atoms with Gasteiger partial charge in [0.2, 0.25) is 10.0 Å². The van der Waals surface area contributed by atoms with E-state index in [2.05, 4.69) is 20.3 Å². The van der Waals surface area contributed by atoms with E-state index in [4.69, 9.17) is 4.74 Å². The van der Waals surface area contributed by atoms with E-state index < -0.39 is 10.0 Å². The van der Waals surface area contributed by atoms with Gasteiger partial charge in [-0.3, -0.25) is 0 Å². The molecule has 0 saturated carbocycles. The molecular formula is C15H27IN4O3S. The fourth-order valence-corrected chi connectivity index (χ4v) is 2.63. The van der Waals surface area contributed by atoms with Crippen molar-refractivity contribution in [3.05, 3.63) is 29.8 Å². The Labute approximate surface area is 161 Å². The average Bonchev–Trinajstić information content (AvgIpc) is 2.56. The molecule has 0 aliphatic heterocycles. The molecule has 0 amide bonds. The first-order valence-electron chi connectivity index (χ1n) is 7.66. The first-order valence-corrected chi connectivity index (χ1v) is 9.14. The third-order valence-corrected chi connectivity index (χ3v) is 4.40. The number of benzene rings is 1. The van der Waals surface area contributed by atoms with E-state index >= 15 is 0 Å². The van der Waals surface area contributed by atoms with Crippen molar-refractivity contribution in [3.8, 4) is 0 Å². The summed E-state index contributed by atoms with van der Waals surface area (Å²) in [5.41, 5.74) is 0.823. The van der Waals surface area contributed by atoms with Crippen molar-refractivity contribution in [2.24, 2.45) is 4.99 Å². The zero-order valence-corrected chi connectivity index (χ0v) is 17.5. The number of ether oxygens (including phenoxy) is 1. The maximum Gasteiger partial charge on any atom is 0.240 e. The lowest BCUT2D eigenvalue weighted by atomic mass is 10.2. The van der Waals surface area contributed by atoms with E-state index in [1.54, 1.807) is 18.2 Å². The Morgan fingerprint density at radius 3 is 2.62 bits per heavy atom. The Morgan fingerprint density at radius 2 is 2.00 bits per heavy atom. The van der Waals surface area contributed by atoms with Crippen molar-refractivity contribution < 1.29 is 13.2 Å². The van der Waals surface area contributed by atoms with Crippen LogP contribution in [0.1, 0.15) is 19.4 Å². The number of rotatable bonds is 9. The van der Waals surface area contributed by atoms with Gasteiger partial charge in [-0.05, 0) is 38.6 Å². The van der Waals surface area contributed by atoms with E-state index in [1.165, 1.54) is 7.05 Å². The number of sulfonamides is 1. The number of hydrogen-bond donors (Lipinski definition) is 3. The molecule has 0 aliphatic carbocycles. The molecule has 24 heavy (non-hydrogen) atoms.